The number of aryl methyl sites for hydroxylation is 1. The molecule has 6 rings (SSSR count). The second-order valence-electron chi connectivity index (χ2n) is 9.37. The molecule has 2 amide bonds. The summed E-state index contributed by atoms with van der Waals surface area (Å²) in [4.78, 5) is 28.2. The number of nitrogens with zero attached hydrogens (tertiary/aromatic N) is 4. The number of anilines is 1. The first kappa shape index (κ1) is 22.3. The van der Waals surface area contributed by atoms with Crippen LogP contribution in [-0.2, 0) is 30.7 Å². The Morgan fingerprint density at radius 1 is 0.917 bits per heavy atom. The van der Waals surface area contributed by atoms with Crippen molar-refractivity contribution in [1.29, 1.82) is 0 Å². The van der Waals surface area contributed by atoms with Gasteiger partial charge < -0.3 is 19.2 Å². The number of benzene rings is 2. The standard InChI is InChI=1S/C28H27N5O3/c34-27(23-17-20-7-3-4-8-21(20)18-33(23)28(35)24-9-6-16-36-24)29-22-13-11-19(12-14-22)26-31-30-25-10-2-1-5-15-32(25)26/h3-4,6-9,11-14,16,23H,1-2,5,10,15,17-18H2,(H,29,34)/t23-/m1/s1. The van der Waals surface area contributed by atoms with Crippen LogP contribution in [0.2, 0.25) is 0 Å². The molecule has 1 N–H and O–H groups in total. The van der Waals surface area contributed by atoms with Crippen LogP contribution in [0.3, 0.4) is 0 Å². The van der Waals surface area contributed by atoms with Gasteiger partial charge in [-0.2, -0.15) is 0 Å². The van der Waals surface area contributed by atoms with E-state index in [1.165, 1.54) is 12.7 Å². The van der Waals surface area contributed by atoms with E-state index in [1.54, 1.807) is 17.0 Å². The number of furan rings is 1. The molecule has 0 bridgehead atoms. The topological polar surface area (TPSA) is 93.3 Å². The van der Waals surface area contributed by atoms with Gasteiger partial charge >= 0.3 is 0 Å². The van der Waals surface area contributed by atoms with Gasteiger partial charge in [-0.3, -0.25) is 9.59 Å². The molecule has 4 aromatic rings. The minimum Gasteiger partial charge on any atom is -0.459 e. The van der Waals surface area contributed by atoms with E-state index in [0.29, 0.717) is 18.7 Å². The van der Waals surface area contributed by atoms with E-state index in [-0.39, 0.29) is 17.6 Å². The molecule has 0 radical (unpaired) electrons. The van der Waals surface area contributed by atoms with Crippen molar-refractivity contribution in [3.8, 4) is 11.4 Å². The molecule has 0 aliphatic carbocycles. The zero-order valence-electron chi connectivity index (χ0n) is 19.9. The highest BCUT2D eigenvalue weighted by Gasteiger charge is 2.36. The van der Waals surface area contributed by atoms with E-state index >= 15 is 0 Å². The van der Waals surface area contributed by atoms with Crippen molar-refractivity contribution >= 4 is 17.5 Å². The average molecular weight is 482 g/mol. The third-order valence-electron chi connectivity index (χ3n) is 7.06. The fourth-order valence-electron chi connectivity index (χ4n) is 5.14. The molecule has 0 fully saturated rings. The normalized spacial score (nSPS) is 17.1. The SMILES string of the molecule is O=C(Nc1ccc(-c2nnc3n2CCCCC3)cc1)[C@H]1Cc2ccccc2CN1C(=O)c1ccco1. The lowest BCUT2D eigenvalue weighted by Crippen LogP contribution is -2.50. The van der Waals surface area contributed by atoms with Gasteiger partial charge in [-0.1, -0.05) is 30.7 Å². The van der Waals surface area contributed by atoms with Gasteiger partial charge in [0, 0.05) is 37.2 Å². The van der Waals surface area contributed by atoms with Crippen LogP contribution >= 0.6 is 0 Å². The van der Waals surface area contributed by atoms with Gasteiger partial charge in [0.1, 0.15) is 11.9 Å². The maximum atomic E-state index is 13.4. The third-order valence-corrected chi connectivity index (χ3v) is 7.06. The van der Waals surface area contributed by atoms with Crippen molar-refractivity contribution in [2.45, 2.75) is 51.2 Å². The molecule has 2 aliphatic heterocycles. The molecule has 8 nitrogen and oxygen atoms in total. The highest BCUT2D eigenvalue weighted by atomic mass is 16.3. The molecule has 4 heterocycles. The van der Waals surface area contributed by atoms with Crippen molar-refractivity contribution in [2.75, 3.05) is 5.32 Å². The molecule has 8 heteroatoms. The molecule has 2 aromatic carbocycles. The largest absolute Gasteiger partial charge is 0.459 e. The van der Waals surface area contributed by atoms with Gasteiger partial charge in [0.05, 0.1) is 6.26 Å². The molecule has 2 aromatic heterocycles. The smallest absolute Gasteiger partial charge is 0.290 e. The summed E-state index contributed by atoms with van der Waals surface area (Å²) < 4.78 is 7.55. The minimum atomic E-state index is -0.649. The summed E-state index contributed by atoms with van der Waals surface area (Å²) in [5.41, 5.74) is 3.75. The van der Waals surface area contributed by atoms with Crippen LogP contribution in [-0.4, -0.2) is 37.5 Å². The Bertz CT molecular complexity index is 1390. The number of carbonyl (C=O) groups is 2. The summed E-state index contributed by atoms with van der Waals surface area (Å²) in [6, 6.07) is 18.2. The number of nitrogens with one attached hydrogen (secondary N) is 1. The second-order valence-corrected chi connectivity index (χ2v) is 9.37. The first-order valence-electron chi connectivity index (χ1n) is 12.4. The zero-order valence-corrected chi connectivity index (χ0v) is 19.9. The number of rotatable bonds is 4. The number of hydrogen-bond acceptors (Lipinski definition) is 5. The van der Waals surface area contributed by atoms with Gasteiger partial charge in [0.2, 0.25) is 5.91 Å². The van der Waals surface area contributed by atoms with E-state index in [0.717, 1.165) is 54.1 Å². The molecule has 1 atom stereocenters. The van der Waals surface area contributed by atoms with Crippen molar-refractivity contribution in [3.63, 3.8) is 0 Å². The lowest BCUT2D eigenvalue weighted by molar-refractivity contribution is -0.121. The van der Waals surface area contributed by atoms with Crippen molar-refractivity contribution in [1.82, 2.24) is 19.7 Å². The van der Waals surface area contributed by atoms with Crippen LogP contribution in [0.4, 0.5) is 5.69 Å². The molecule has 0 spiro atoms. The predicted molar refractivity (Wildman–Crippen MR) is 134 cm³/mol. The van der Waals surface area contributed by atoms with E-state index in [4.69, 9.17) is 4.42 Å². The summed E-state index contributed by atoms with van der Waals surface area (Å²) in [5.74, 6) is 1.61. The Morgan fingerprint density at radius 3 is 2.56 bits per heavy atom. The number of carbonyl (C=O) groups excluding carboxylic acids is 2. The summed E-state index contributed by atoms with van der Waals surface area (Å²) in [5, 5.41) is 11.8. The van der Waals surface area contributed by atoms with Crippen molar-refractivity contribution < 1.29 is 14.0 Å². The second kappa shape index (κ2) is 9.45. The summed E-state index contributed by atoms with van der Waals surface area (Å²) >= 11 is 0. The summed E-state index contributed by atoms with van der Waals surface area (Å²) in [6.45, 7) is 1.28. The molecule has 182 valence electrons. The molecule has 0 saturated carbocycles. The summed E-state index contributed by atoms with van der Waals surface area (Å²) in [6.07, 6.45) is 6.35. The maximum Gasteiger partial charge on any atom is 0.290 e. The molecule has 36 heavy (non-hydrogen) atoms. The van der Waals surface area contributed by atoms with Crippen molar-refractivity contribution in [3.05, 3.63) is 89.6 Å². The van der Waals surface area contributed by atoms with E-state index < -0.39 is 6.04 Å². The number of aromatic nitrogens is 3. The summed E-state index contributed by atoms with van der Waals surface area (Å²) in [7, 11) is 0. The maximum absolute atomic E-state index is 13.4. The lowest BCUT2D eigenvalue weighted by Gasteiger charge is -2.35. The van der Waals surface area contributed by atoms with Gasteiger partial charge in [-0.25, -0.2) is 0 Å². The van der Waals surface area contributed by atoms with Gasteiger partial charge in [0.15, 0.2) is 11.6 Å². The van der Waals surface area contributed by atoms with E-state index in [2.05, 4.69) is 20.1 Å². The van der Waals surface area contributed by atoms with Gasteiger partial charge in [-0.05, 0) is 60.4 Å². The molecule has 0 unspecified atom stereocenters. The Labute approximate surface area is 208 Å². The minimum absolute atomic E-state index is 0.226. The van der Waals surface area contributed by atoms with E-state index in [9.17, 15) is 9.59 Å². The monoisotopic (exact) mass is 481 g/mol. The fourth-order valence-corrected chi connectivity index (χ4v) is 5.14. The van der Waals surface area contributed by atoms with Crippen LogP contribution < -0.4 is 5.32 Å². The molecular formula is C28H27N5O3. The third kappa shape index (κ3) is 4.19. The Balaban J connectivity index is 1.22. The van der Waals surface area contributed by atoms with Gasteiger partial charge in [-0.15, -0.1) is 10.2 Å². The average Bonchev–Trinajstić information content (AvgIpc) is 3.53. The fraction of sp³-hybridized carbons (Fsp3) is 0.286. The number of hydrogen-bond donors (Lipinski definition) is 1. The Kier molecular flexibility index (Phi) is 5.85. The first-order chi connectivity index (χ1) is 17.7. The highest BCUT2D eigenvalue weighted by molar-refractivity contribution is 6.00. The van der Waals surface area contributed by atoms with Crippen molar-refractivity contribution in [2.24, 2.45) is 0 Å². The Morgan fingerprint density at radius 2 is 1.75 bits per heavy atom. The van der Waals surface area contributed by atoms with E-state index in [1.807, 2.05) is 48.5 Å². The quantitative estimate of drug-likeness (QED) is 0.464. The van der Waals surface area contributed by atoms with Crippen LogP contribution in [0.5, 0.6) is 0 Å². The molecule has 2 aliphatic rings. The van der Waals surface area contributed by atoms with Crippen LogP contribution in [0, 0.1) is 0 Å². The highest BCUT2D eigenvalue weighted by Crippen LogP contribution is 2.27. The lowest BCUT2D eigenvalue weighted by atomic mass is 9.93. The number of amides is 2. The zero-order chi connectivity index (χ0) is 24.5. The Hall–Kier alpha value is -4.20. The predicted octanol–water partition coefficient (Wildman–Crippen LogP) is 4.47. The molecule has 0 saturated heterocycles. The number of fused-ring (bicyclic) bond motifs is 2. The van der Waals surface area contributed by atoms with Crippen LogP contribution in [0.15, 0.2) is 71.3 Å². The first-order valence-corrected chi connectivity index (χ1v) is 12.4. The molecular weight excluding hydrogens is 454 g/mol. The van der Waals surface area contributed by atoms with Gasteiger partial charge in [0.25, 0.3) is 5.91 Å². The van der Waals surface area contributed by atoms with Crippen LogP contribution in [0.1, 0.15) is 46.8 Å². The van der Waals surface area contributed by atoms with Crippen LogP contribution in [0.25, 0.3) is 11.4 Å².